The van der Waals surface area contributed by atoms with E-state index < -0.39 is 5.91 Å². The van der Waals surface area contributed by atoms with E-state index in [0.29, 0.717) is 17.8 Å². The Morgan fingerprint density at radius 1 is 0.962 bits per heavy atom. The second-order valence-corrected chi connectivity index (χ2v) is 5.96. The number of ketones is 1. The van der Waals surface area contributed by atoms with Crippen LogP contribution in [-0.2, 0) is 0 Å². The molecule has 0 radical (unpaired) electrons. The Labute approximate surface area is 153 Å². The number of rotatable bonds is 8. The highest BCUT2D eigenvalue weighted by atomic mass is 16.2. The van der Waals surface area contributed by atoms with Crippen molar-refractivity contribution in [2.45, 2.75) is 33.1 Å². The van der Waals surface area contributed by atoms with Crippen molar-refractivity contribution in [2.24, 2.45) is 0 Å². The van der Waals surface area contributed by atoms with Crippen LogP contribution in [0.5, 0.6) is 0 Å². The Bertz CT molecular complexity index is 802. The van der Waals surface area contributed by atoms with Crippen LogP contribution in [0.1, 0.15) is 64.4 Å². The lowest BCUT2D eigenvalue weighted by molar-refractivity contribution is 0.0946. The van der Waals surface area contributed by atoms with Crippen molar-refractivity contribution in [1.82, 2.24) is 10.3 Å². The fraction of sp³-hybridized carbons (Fsp3) is 0.300. The fourth-order valence-electron chi connectivity index (χ4n) is 2.37. The van der Waals surface area contributed by atoms with Crippen LogP contribution in [0.25, 0.3) is 0 Å². The van der Waals surface area contributed by atoms with Crippen LogP contribution in [-0.4, -0.2) is 29.1 Å². The standard InChI is InChI=1S/C20H23N3O3/c1-3-4-5-12-21-19(25)17-10-7-11-18(23-17)20(26)22-16-9-6-8-15(13-16)14(2)24/h6-11,13H,3-5,12H2,1-2H3,(H,21,25)(H,22,26). The van der Waals surface area contributed by atoms with E-state index in [1.165, 1.54) is 13.0 Å². The zero-order valence-electron chi connectivity index (χ0n) is 15.0. The summed E-state index contributed by atoms with van der Waals surface area (Å²) in [7, 11) is 0. The Morgan fingerprint density at radius 2 is 1.65 bits per heavy atom. The minimum atomic E-state index is -0.439. The predicted molar refractivity (Wildman–Crippen MR) is 100 cm³/mol. The Kier molecular flexibility index (Phi) is 7.02. The van der Waals surface area contributed by atoms with Crippen molar-refractivity contribution in [3.05, 3.63) is 59.4 Å². The number of nitrogens with zero attached hydrogens (tertiary/aromatic N) is 1. The highest BCUT2D eigenvalue weighted by Gasteiger charge is 2.13. The van der Waals surface area contributed by atoms with E-state index >= 15 is 0 Å². The lowest BCUT2D eigenvalue weighted by Gasteiger charge is -2.08. The van der Waals surface area contributed by atoms with Crippen molar-refractivity contribution < 1.29 is 14.4 Å². The summed E-state index contributed by atoms with van der Waals surface area (Å²) in [5.41, 5.74) is 1.35. The molecule has 1 heterocycles. The van der Waals surface area contributed by atoms with Crippen LogP contribution in [0, 0.1) is 0 Å². The van der Waals surface area contributed by atoms with Gasteiger partial charge in [0.1, 0.15) is 11.4 Å². The lowest BCUT2D eigenvalue weighted by atomic mass is 10.1. The molecule has 0 spiro atoms. The van der Waals surface area contributed by atoms with E-state index in [1.54, 1.807) is 36.4 Å². The fourth-order valence-corrected chi connectivity index (χ4v) is 2.37. The molecule has 0 bridgehead atoms. The van der Waals surface area contributed by atoms with Gasteiger partial charge in [0.15, 0.2) is 5.78 Å². The van der Waals surface area contributed by atoms with Gasteiger partial charge in [-0.15, -0.1) is 0 Å². The monoisotopic (exact) mass is 353 g/mol. The summed E-state index contributed by atoms with van der Waals surface area (Å²) >= 11 is 0. The molecular weight excluding hydrogens is 330 g/mol. The molecule has 0 saturated heterocycles. The third-order valence-electron chi connectivity index (χ3n) is 3.81. The van der Waals surface area contributed by atoms with E-state index in [-0.39, 0.29) is 23.1 Å². The summed E-state index contributed by atoms with van der Waals surface area (Å²) in [4.78, 5) is 40.1. The van der Waals surface area contributed by atoms with E-state index in [0.717, 1.165) is 19.3 Å². The molecule has 136 valence electrons. The van der Waals surface area contributed by atoms with Crippen LogP contribution >= 0.6 is 0 Å². The first-order chi connectivity index (χ1) is 12.5. The summed E-state index contributed by atoms with van der Waals surface area (Å²) in [6.07, 6.45) is 3.04. The maximum absolute atomic E-state index is 12.4. The summed E-state index contributed by atoms with van der Waals surface area (Å²) in [5, 5.41) is 5.49. The van der Waals surface area contributed by atoms with Gasteiger partial charge >= 0.3 is 0 Å². The van der Waals surface area contributed by atoms with Gasteiger partial charge in [0.25, 0.3) is 11.8 Å². The molecule has 0 unspecified atom stereocenters. The molecule has 0 aliphatic heterocycles. The number of carbonyl (C=O) groups is 3. The zero-order valence-corrected chi connectivity index (χ0v) is 15.0. The lowest BCUT2D eigenvalue weighted by Crippen LogP contribution is -2.26. The summed E-state index contributed by atoms with van der Waals surface area (Å²) in [5.74, 6) is -0.818. The van der Waals surface area contributed by atoms with Crippen molar-refractivity contribution in [3.63, 3.8) is 0 Å². The molecular formula is C20H23N3O3. The highest BCUT2D eigenvalue weighted by molar-refractivity contribution is 6.04. The van der Waals surface area contributed by atoms with Gasteiger partial charge < -0.3 is 10.6 Å². The molecule has 0 aliphatic carbocycles. The van der Waals surface area contributed by atoms with Gasteiger partial charge in [0.05, 0.1) is 0 Å². The summed E-state index contributed by atoms with van der Waals surface area (Å²) < 4.78 is 0. The number of hydrogen-bond donors (Lipinski definition) is 2. The highest BCUT2D eigenvalue weighted by Crippen LogP contribution is 2.12. The third kappa shape index (κ3) is 5.51. The normalized spacial score (nSPS) is 10.2. The van der Waals surface area contributed by atoms with Gasteiger partial charge in [-0.1, -0.05) is 38.0 Å². The average molecular weight is 353 g/mol. The number of benzene rings is 1. The number of nitrogens with one attached hydrogen (secondary N) is 2. The first kappa shape index (κ1) is 19.3. The number of anilines is 1. The molecule has 1 aromatic heterocycles. The number of hydrogen-bond acceptors (Lipinski definition) is 4. The maximum Gasteiger partial charge on any atom is 0.274 e. The average Bonchev–Trinajstić information content (AvgIpc) is 2.65. The summed E-state index contributed by atoms with van der Waals surface area (Å²) in [6, 6.07) is 11.4. The molecule has 0 aliphatic rings. The molecule has 6 nitrogen and oxygen atoms in total. The van der Waals surface area contributed by atoms with Crippen LogP contribution in [0.2, 0.25) is 0 Å². The van der Waals surface area contributed by atoms with E-state index in [2.05, 4.69) is 22.5 Å². The van der Waals surface area contributed by atoms with Crippen LogP contribution < -0.4 is 10.6 Å². The van der Waals surface area contributed by atoms with Gasteiger partial charge in [-0.3, -0.25) is 14.4 Å². The van der Waals surface area contributed by atoms with Crippen LogP contribution in [0.4, 0.5) is 5.69 Å². The first-order valence-corrected chi connectivity index (χ1v) is 8.69. The zero-order chi connectivity index (χ0) is 18.9. The van der Waals surface area contributed by atoms with Crippen LogP contribution in [0.15, 0.2) is 42.5 Å². The van der Waals surface area contributed by atoms with Crippen molar-refractivity contribution >= 4 is 23.3 Å². The largest absolute Gasteiger partial charge is 0.351 e. The summed E-state index contributed by atoms with van der Waals surface area (Å²) in [6.45, 7) is 4.14. The van der Waals surface area contributed by atoms with Gasteiger partial charge in [-0.05, 0) is 37.6 Å². The molecule has 26 heavy (non-hydrogen) atoms. The number of pyridine rings is 1. The Balaban J connectivity index is 2.04. The number of unbranched alkanes of at least 4 members (excludes halogenated alkanes) is 2. The molecule has 2 aromatic rings. The smallest absolute Gasteiger partial charge is 0.274 e. The number of amides is 2. The maximum atomic E-state index is 12.4. The van der Waals surface area contributed by atoms with Gasteiger partial charge in [0.2, 0.25) is 0 Å². The molecule has 2 N–H and O–H groups in total. The van der Waals surface area contributed by atoms with Crippen molar-refractivity contribution in [2.75, 3.05) is 11.9 Å². The van der Waals surface area contributed by atoms with Gasteiger partial charge in [-0.2, -0.15) is 0 Å². The Hall–Kier alpha value is -3.02. The third-order valence-corrected chi connectivity index (χ3v) is 3.81. The van der Waals surface area contributed by atoms with Crippen LogP contribution in [0.3, 0.4) is 0 Å². The quantitative estimate of drug-likeness (QED) is 0.562. The minimum absolute atomic E-state index is 0.0824. The molecule has 0 saturated carbocycles. The molecule has 0 atom stereocenters. The van der Waals surface area contributed by atoms with Crippen molar-refractivity contribution in [3.8, 4) is 0 Å². The second-order valence-electron chi connectivity index (χ2n) is 5.96. The first-order valence-electron chi connectivity index (χ1n) is 8.69. The second kappa shape index (κ2) is 9.46. The number of carbonyl (C=O) groups excluding carboxylic acids is 3. The number of Topliss-reactive ketones (excluding diaryl/α,β-unsaturated/α-hetero) is 1. The molecule has 6 heteroatoms. The van der Waals surface area contributed by atoms with Crippen molar-refractivity contribution in [1.29, 1.82) is 0 Å². The molecule has 1 aromatic carbocycles. The van der Waals surface area contributed by atoms with E-state index in [1.807, 2.05) is 0 Å². The van der Waals surface area contributed by atoms with Gasteiger partial charge in [-0.25, -0.2) is 4.98 Å². The Morgan fingerprint density at radius 3 is 2.35 bits per heavy atom. The minimum Gasteiger partial charge on any atom is -0.351 e. The van der Waals surface area contributed by atoms with Gasteiger partial charge in [0, 0.05) is 17.8 Å². The number of aromatic nitrogens is 1. The molecule has 2 amide bonds. The SMILES string of the molecule is CCCCCNC(=O)c1cccc(C(=O)Nc2cccc(C(C)=O)c2)n1. The van der Waals surface area contributed by atoms with E-state index in [9.17, 15) is 14.4 Å². The van der Waals surface area contributed by atoms with E-state index in [4.69, 9.17) is 0 Å². The topological polar surface area (TPSA) is 88.2 Å². The molecule has 2 rings (SSSR count). The molecule has 0 fully saturated rings. The predicted octanol–water partition coefficient (Wildman–Crippen LogP) is 3.46.